The summed E-state index contributed by atoms with van der Waals surface area (Å²) in [5, 5.41) is 3.34. The minimum absolute atomic E-state index is 0.0330. The number of amides is 1. The van der Waals surface area contributed by atoms with Crippen LogP contribution in [-0.2, 0) is 4.79 Å². The van der Waals surface area contributed by atoms with E-state index >= 15 is 0 Å². The summed E-state index contributed by atoms with van der Waals surface area (Å²) in [6.45, 7) is 7.76. The molecule has 0 radical (unpaired) electrons. The van der Waals surface area contributed by atoms with Crippen LogP contribution in [0.4, 0.5) is 5.69 Å². The highest BCUT2D eigenvalue weighted by molar-refractivity contribution is 5.98. The molecule has 1 amide bonds. The minimum Gasteiger partial charge on any atom is -0.309 e. The molecule has 0 aliphatic carbocycles. The van der Waals surface area contributed by atoms with Gasteiger partial charge in [-0.25, -0.2) is 0 Å². The molecule has 2 rings (SSSR count). The zero-order chi connectivity index (χ0) is 13.8. The van der Waals surface area contributed by atoms with Crippen molar-refractivity contribution >= 4 is 11.6 Å². The quantitative estimate of drug-likeness (QED) is 0.903. The van der Waals surface area contributed by atoms with Crippen LogP contribution < -0.4 is 10.2 Å². The van der Waals surface area contributed by atoms with Crippen LogP contribution in [0.15, 0.2) is 12.1 Å². The van der Waals surface area contributed by atoms with Gasteiger partial charge in [0.15, 0.2) is 0 Å². The first-order valence-electron chi connectivity index (χ1n) is 7.12. The van der Waals surface area contributed by atoms with Crippen molar-refractivity contribution in [2.75, 3.05) is 18.0 Å². The number of carbonyl (C=O) groups excluding carboxylic acids is 1. The fraction of sp³-hybridized carbons (Fsp3) is 0.600. The maximum absolute atomic E-state index is 12.5. The number of nitrogens with zero attached hydrogens (tertiary/aromatic N) is 2. The first-order chi connectivity index (χ1) is 9.13. The van der Waals surface area contributed by atoms with Gasteiger partial charge in [-0.3, -0.25) is 9.78 Å². The van der Waals surface area contributed by atoms with E-state index in [1.165, 1.54) is 0 Å². The predicted octanol–water partition coefficient (Wildman–Crippen LogP) is 2.19. The fourth-order valence-corrected chi connectivity index (χ4v) is 2.59. The summed E-state index contributed by atoms with van der Waals surface area (Å²) in [4.78, 5) is 18.8. The molecule has 104 valence electrons. The Morgan fingerprint density at radius 1 is 1.42 bits per heavy atom. The molecule has 1 aromatic heterocycles. The van der Waals surface area contributed by atoms with Crippen molar-refractivity contribution in [2.24, 2.45) is 0 Å². The third-order valence-corrected chi connectivity index (χ3v) is 3.57. The molecule has 4 heteroatoms. The summed E-state index contributed by atoms with van der Waals surface area (Å²) >= 11 is 0. The van der Waals surface area contributed by atoms with Crippen molar-refractivity contribution in [3.63, 3.8) is 0 Å². The first kappa shape index (κ1) is 14.0. The van der Waals surface area contributed by atoms with Gasteiger partial charge in [0, 0.05) is 12.2 Å². The Morgan fingerprint density at radius 2 is 2.21 bits per heavy atom. The normalized spacial score (nSPS) is 19.8. The molecule has 0 aromatic carbocycles. The van der Waals surface area contributed by atoms with E-state index in [-0.39, 0.29) is 11.9 Å². The van der Waals surface area contributed by atoms with Crippen LogP contribution in [0.3, 0.4) is 0 Å². The van der Waals surface area contributed by atoms with E-state index < -0.39 is 0 Å². The van der Waals surface area contributed by atoms with Gasteiger partial charge in [0.25, 0.3) is 0 Å². The van der Waals surface area contributed by atoms with Crippen molar-refractivity contribution in [1.29, 1.82) is 0 Å². The summed E-state index contributed by atoms with van der Waals surface area (Å²) in [5.41, 5.74) is 2.88. The van der Waals surface area contributed by atoms with Gasteiger partial charge in [-0.05, 0) is 51.8 Å². The van der Waals surface area contributed by atoms with E-state index in [1.807, 2.05) is 30.9 Å². The van der Waals surface area contributed by atoms with Crippen molar-refractivity contribution < 1.29 is 4.79 Å². The van der Waals surface area contributed by atoms with Gasteiger partial charge in [0.05, 0.1) is 17.4 Å². The van der Waals surface area contributed by atoms with Crippen LogP contribution in [0.2, 0.25) is 0 Å². The Labute approximate surface area is 115 Å². The number of carbonyl (C=O) groups is 1. The summed E-state index contributed by atoms with van der Waals surface area (Å²) in [6.07, 6.45) is 3.03. The summed E-state index contributed by atoms with van der Waals surface area (Å²) in [5.74, 6) is 0.188. The van der Waals surface area contributed by atoms with E-state index in [9.17, 15) is 4.79 Å². The maximum Gasteiger partial charge on any atom is 0.244 e. The van der Waals surface area contributed by atoms with Crippen molar-refractivity contribution in [3.8, 4) is 0 Å². The number of aryl methyl sites for hydroxylation is 2. The third kappa shape index (κ3) is 3.13. The monoisotopic (exact) mass is 261 g/mol. The number of aromatic nitrogens is 1. The molecular weight excluding hydrogens is 238 g/mol. The van der Waals surface area contributed by atoms with Crippen molar-refractivity contribution in [1.82, 2.24) is 10.3 Å². The van der Waals surface area contributed by atoms with Crippen molar-refractivity contribution in [2.45, 2.75) is 46.1 Å². The number of piperidine rings is 1. The maximum atomic E-state index is 12.5. The number of anilines is 1. The Kier molecular flexibility index (Phi) is 4.53. The highest BCUT2D eigenvalue weighted by Gasteiger charge is 2.29. The zero-order valence-electron chi connectivity index (χ0n) is 12.1. The van der Waals surface area contributed by atoms with Crippen LogP contribution in [0.1, 0.15) is 37.6 Å². The fourth-order valence-electron chi connectivity index (χ4n) is 2.59. The van der Waals surface area contributed by atoms with Crippen LogP contribution in [0.25, 0.3) is 0 Å². The lowest BCUT2D eigenvalue weighted by Crippen LogP contribution is -2.51. The Bertz CT molecular complexity index is 459. The second kappa shape index (κ2) is 6.15. The first-order valence-corrected chi connectivity index (χ1v) is 7.12. The minimum atomic E-state index is -0.0330. The zero-order valence-corrected chi connectivity index (χ0v) is 12.1. The molecule has 1 unspecified atom stereocenters. The number of hydrogen-bond donors (Lipinski definition) is 1. The van der Waals surface area contributed by atoms with Crippen molar-refractivity contribution in [3.05, 3.63) is 23.5 Å². The molecule has 0 saturated carbocycles. The van der Waals surface area contributed by atoms with Gasteiger partial charge in [-0.1, -0.05) is 6.92 Å². The van der Waals surface area contributed by atoms with E-state index in [2.05, 4.69) is 17.2 Å². The topological polar surface area (TPSA) is 45.2 Å². The summed E-state index contributed by atoms with van der Waals surface area (Å²) in [6, 6.07) is 3.95. The third-order valence-electron chi connectivity index (χ3n) is 3.57. The van der Waals surface area contributed by atoms with Gasteiger partial charge < -0.3 is 10.2 Å². The Balaban J connectivity index is 2.17. The molecule has 1 aliphatic heterocycles. The molecule has 0 spiro atoms. The van der Waals surface area contributed by atoms with Gasteiger partial charge in [0.2, 0.25) is 5.91 Å². The molecule has 1 aromatic rings. The largest absolute Gasteiger partial charge is 0.309 e. The van der Waals surface area contributed by atoms with E-state index in [4.69, 9.17) is 0 Å². The Morgan fingerprint density at radius 3 is 2.89 bits per heavy atom. The molecule has 1 N–H and O–H groups in total. The van der Waals surface area contributed by atoms with E-state index in [0.717, 1.165) is 49.4 Å². The second-order valence-corrected chi connectivity index (χ2v) is 5.20. The number of rotatable bonds is 4. The molecule has 1 fully saturated rings. The Hall–Kier alpha value is -1.42. The average Bonchev–Trinajstić information content (AvgIpc) is 2.38. The van der Waals surface area contributed by atoms with Gasteiger partial charge >= 0.3 is 0 Å². The number of pyridine rings is 1. The van der Waals surface area contributed by atoms with E-state index in [0.29, 0.717) is 0 Å². The molecule has 1 saturated heterocycles. The number of hydrogen-bond acceptors (Lipinski definition) is 3. The van der Waals surface area contributed by atoms with Gasteiger partial charge in [0.1, 0.15) is 0 Å². The molecular formula is C15H23N3O. The van der Waals surface area contributed by atoms with Gasteiger partial charge in [-0.2, -0.15) is 0 Å². The molecule has 2 heterocycles. The highest BCUT2D eigenvalue weighted by atomic mass is 16.2. The van der Waals surface area contributed by atoms with Crippen LogP contribution in [-0.4, -0.2) is 30.0 Å². The summed E-state index contributed by atoms with van der Waals surface area (Å²) < 4.78 is 0. The van der Waals surface area contributed by atoms with Gasteiger partial charge in [-0.15, -0.1) is 0 Å². The van der Waals surface area contributed by atoms with Crippen LogP contribution in [0, 0.1) is 13.8 Å². The van der Waals surface area contributed by atoms with E-state index in [1.54, 1.807) is 0 Å². The average molecular weight is 261 g/mol. The lowest BCUT2D eigenvalue weighted by molar-refractivity contribution is -0.121. The standard InChI is InChI=1S/C15H23N3O/c1-4-9-16-13-6-5-10-18(15(13)19)14-8-7-11(2)17-12(14)3/h7-8,13,16H,4-6,9-10H2,1-3H3. The van der Waals surface area contributed by atoms with Crippen LogP contribution >= 0.6 is 0 Å². The molecule has 4 nitrogen and oxygen atoms in total. The molecule has 0 bridgehead atoms. The molecule has 1 atom stereocenters. The number of nitrogens with one attached hydrogen (secondary N) is 1. The second-order valence-electron chi connectivity index (χ2n) is 5.20. The lowest BCUT2D eigenvalue weighted by atomic mass is 10.0. The SMILES string of the molecule is CCCNC1CCCN(c2ccc(C)nc2C)C1=O. The molecule has 19 heavy (non-hydrogen) atoms. The smallest absolute Gasteiger partial charge is 0.244 e. The molecule has 1 aliphatic rings. The van der Waals surface area contributed by atoms with Crippen LogP contribution in [0.5, 0.6) is 0 Å². The highest BCUT2D eigenvalue weighted by Crippen LogP contribution is 2.23. The summed E-state index contributed by atoms with van der Waals surface area (Å²) in [7, 11) is 0. The lowest BCUT2D eigenvalue weighted by Gasteiger charge is -2.33. The predicted molar refractivity (Wildman–Crippen MR) is 77.4 cm³/mol.